The van der Waals surface area contributed by atoms with Crippen molar-refractivity contribution < 1.29 is 4.42 Å². The van der Waals surface area contributed by atoms with Crippen LogP contribution in [0.15, 0.2) is 174 Å². The number of benzene rings is 7. The Morgan fingerprint density at radius 2 is 1.00 bits per heavy atom. The number of nitrogens with zero attached hydrogens (tertiary/aromatic N) is 4. The van der Waals surface area contributed by atoms with E-state index in [0.717, 1.165) is 71.9 Å². The summed E-state index contributed by atoms with van der Waals surface area (Å²) < 4.78 is 8.81. The predicted octanol–water partition coefficient (Wildman–Crippen LogP) is 11.5. The molecule has 234 valence electrons. The van der Waals surface area contributed by atoms with Crippen molar-refractivity contribution in [3.05, 3.63) is 170 Å². The monoisotopic (exact) mass is 640 g/mol. The molecule has 10 rings (SSSR count). The first-order chi connectivity index (χ1) is 24.8. The standard InChI is InChI=1S/C45H28N4O/c1-4-14-29(15-5-1)33-21-12-23-36-38-28-31(26-27-40(38)50-42(33)36)44-46-43(30-16-6-2-7-17-30)47-45(48-44)37-24-13-22-35-34-20-10-11-25-39(34)49(41(35)37)32-18-8-3-9-19-32/h1-28H. The maximum atomic E-state index is 6.49. The van der Waals surface area contributed by atoms with E-state index in [9.17, 15) is 0 Å². The van der Waals surface area contributed by atoms with Crippen molar-refractivity contribution in [3.8, 4) is 51.0 Å². The zero-order valence-electron chi connectivity index (χ0n) is 26.9. The van der Waals surface area contributed by atoms with Gasteiger partial charge in [0.2, 0.25) is 0 Å². The number of rotatable bonds is 5. The summed E-state index contributed by atoms with van der Waals surface area (Å²) in [7, 11) is 0. The number of para-hydroxylation sites is 4. The van der Waals surface area contributed by atoms with Crippen molar-refractivity contribution in [2.75, 3.05) is 0 Å². The lowest BCUT2D eigenvalue weighted by Gasteiger charge is -2.12. The molecule has 0 saturated heterocycles. The Bertz CT molecular complexity index is 2860. The van der Waals surface area contributed by atoms with E-state index in [-0.39, 0.29) is 0 Å². The van der Waals surface area contributed by atoms with E-state index in [0.29, 0.717) is 17.5 Å². The number of hydrogen-bond acceptors (Lipinski definition) is 4. The summed E-state index contributed by atoms with van der Waals surface area (Å²) in [5.74, 6) is 1.83. The van der Waals surface area contributed by atoms with Crippen molar-refractivity contribution in [1.29, 1.82) is 0 Å². The van der Waals surface area contributed by atoms with Gasteiger partial charge in [-0.15, -0.1) is 0 Å². The first-order valence-electron chi connectivity index (χ1n) is 16.7. The second-order valence-corrected chi connectivity index (χ2v) is 12.4. The first kappa shape index (κ1) is 28.2. The Kier molecular flexibility index (Phi) is 6.42. The topological polar surface area (TPSA) is 56.7 Å². The molecule has 0 spiro atoms. The molecule has 0 atom stereocenters. The van der Waals surface area contributed by atoms with E-state index in [2.05, 4.69) is 120 Å². The van der Waals surface area contributed by atoms with Gasteiger partial charge in [-0.1, -0.05) is 127 Å². The summed E-state index contributed by atoms with van der Waals surface area (Å²) in [6.45, 7) is 0. The highest BCUT2D eigenvalue weighted by atomic mass is 16.3. The second kappa shape index (κ2) is 11.4. The summed E-state index contributed by atoms with van der Waals surface area (Å²) >= 11 is 0. The van der Waals surface area contributed by atoms with Gasteiger partial charge < -0.3 is 8.98 Å². The number of aromatic nitrogens is 4. The minimum absolute atomic E-state index is 0.601. The molecule has 0 radical (unpaired) electrons. The fraction of sp³-hybridized carbons (Fsp3) is 0. The molecule has 0 fully saturated rings. The molecule has 0 bridgehead atoms. The van der Waals surface area contributed by atoms with Gasteiger partial charge in [0.1, 0.15) is 11.2 Å². The SMILES string of the molecule is c1ccc(-c2nc(-c3ccc4oc5c(-c6ccccc6)cccc5c4c3)nc(-c3cccc4c5ccccc5n(-c5ccccc5)c34)n2)cc1. The second-order valence-electron chi connectivity index (χ2n) is 12.4. The largest absolute Gasteiger partial charge is 0.455 e. The molecule has 0 saturated carbocycles. The molecule has 5 nitrogen and oxygen atoms in total. The molecule has 50 heavy (non-hydrogen) atoms. The van der Waals surface area contributed by atoms with Gasteiger partial charge in [0.25, 0.3) is 0 Å². The quantitative estimate of drug-likeness (QED) is 0.188. The van der Waals surface area contributed by atoms with Crippen molar-refractivity contribution in [3.63, 3.8) is 0 Å². The highest BCUT2D eigenvalue weighted by Gasteiger charge is 2.20. The van der Waals surface area contributed by atoms with E-state index in [1.165, 1.54) is 5.39 Å². The van der Waals surface area contributed by atoms with E-state index in [4.69, 9.17) is 19.4 Å². The van der Waals surface area contributed by atoms with E-state index in [1.54, 1.807) is 0 Å². The van der Waals surface area contributed by atoms with Crippen LogP contribution in [0.25, 0.3) is 94.7 Å². The zero-order chi connectivity index (χ0) is 33.0. The summed E-state index contributed by atoms with van der Waals surface area (Å²) in [6.07, 6.45) is 0. The first-order valence-corrected chi connectivity index (χ1v) is 16.7. The van der Waals surface area contributed by atoms with Crippen LogP contribution < -0.4 is 0 Å². The number of fused-ring (bicyclic) bond motifs is 6. The smallest absolute Gasteiger partial charge is 0.166 e. The molecule has 0 aliphatic heterocycles. The van der Waals surface area contributed by atoms with Gasteiger partial charge in [-0.2, -0.15) is 0 Å². The van der Waals surface area contributed by atoms with Crippen LogP contribution in [0.5, 0.6) is 0 Å². The minimum Gasteiger partial charge on any atom is -0.455 e. The fourth-order valence-corrected chi connectivity index (χ4v) is 7.17. The minimum atomic E-state index is 0.601. The third kappa shape index (κ3) is 4.52. The lowest BCUT2D eigenvalue weighted by Crippen LogP contribution is -2.02. The van der Waals surface area contributed by atoms with Crippen LogP contribution in [0.1, 0.15) is 0 Å². The Hall–Kier alpha value is -6.85. The molecule has 0 N–H and O–H groups in total. The summed E-state index contributed by atoms with van der Waals surface area (Å²) in [4.78, 5) is 15.5. The van der Waals surface area contributed by atoms with E-state index < -0.39 is 0 Å². The van der Waals surface area contributed by atoms with E-state index in [1.807, 2.05) is 54.6 Å². The molecule has 5 heteroatoms. The third-order valence-corrected chi connectivity index (χ3v) is 9.46. The molecule has 0 aliphatic carbocycles. The van der Waals surface area contributed by atoms with Crippen molar-refractivity contribution in [2.24, 2.45) is 0 Å². The predicted molar refractivity (Wildman–Crippen MR) is 203 cm³/mol. The van der Waals surface area contributed by atoms with Crippen LogP contribution in [0, 0.1) is 0 Å². The molecule has 7 aromatic carbocycles. The summed E-state index contributed by atoms with van der Waals surface area (Å²) in [5, 5.41) is 4.39. The Morgan fingerprint density at radius 3 is 1.78 bits per heavy atom. The highest BCUT2D eigenvalue weighted by Crippen LogP contribution is 2.40. The molecule has 3 heterocycles. The lowest BCUT2D eigenvalue weighted by atomic mass is 10.0. The molecule has 0 amide bonds. The summed E-state index contributed by atoms with van der Waals surface area (Å²) in [5.41, 5.74) is 9.89. The number of furan rings is 1. The molecule has 0 aliphatic rings. The van der Waals surface area contributed by atoms with Crippen LogP contribution in [0.2, 0.25) is 0 Å². The normalized spacial score (nSPS) is 11.6. The van der Waals surface area contributed by atoms with Crippen molar-refractivity contribution in [2.45, 2.75) is 0 Å². The Morgan fingerprint density at radius 1 is 0.400 bits per heavy atom. The maximum Gasteiger partial charge on any atom is 0.166 e. The molecule has 10 aromatic rings. The lowest BCUT2D eigenvalue weighted by molar-refractivity contribution is 0.670. The van der Waals surface area contributed by atoms with Gasteiger partial charge in [0.05, 0.1) is 11.0 Å². The zero-order valence-corrected chi connectivity index (χ0v) is 26.9. The average Bonchev–Trinajstić information content (AvgIpc) is 3.74. The Labute approximate surface area is 287 Å². The molecular weight excluding hydrogens is 613 g/mol. The van der Waals surface area contributed by atoms with E-state index >= 15 is 0 Å². The molecule has 3 aromatic heterocycles. The molecular formula is C45H28N4O. The molecule has 0 unspecified atom stereocenters. The maximum absolute atomic E-state index is 6.49. The number of hydrogen-bond donors (Lipinski definition) is 0. The van der Waals surface area contributed by atoms with Gasteiger partial charge in [-0.25, -0.2) is 15.0 Å². The average molecular weight is 641 g/mol. The highest BCUT2D eigenvalue weighted by molar-refractivity contribution is 6.13. The van der Waals surface area contributed by atoms with Gasteiger partial charge in [0, 0.05) is 49.5 Å². The Balaban J connectivity index is 1.22. The van der Waals surface area contributed by atoms with Crippen LogP contribution in [0.4, 0.5) is 0 Å². The van der Waals surface area contributed by atoms with Gasteiger partial charge in [-0.05, 0) is 48.0 Å². The summed E-state index contributed by atoms with van der Waals surface area (Å²) in [6, 6.07) is 58.4. The van der Waals surface area contributed by atoms with Crippen LogP contribution in [-0.4, -0.2) is 19.5 Å². The van der Waals surface area contributed by atoms with Gasteiger partial charge in [0.15, 0.2) is 17.5 Å². The van der Waals surface area contributed by atoms with Crippen molar-refractivity contribution in [1.82, 2.24) is 19.5 Å². The van der Waals surface area contributed by atoms with Crippen LogP contribution in [0.3, 0.4) is 0 Å². The van der Waals surface area contributed by atoms with Crippen molar-refractivity contribution >= 4 is 43.7 Å². The van der Waals surface area contributed by atoms with Crippen LogP contribution >= 0.6 is 0 Å². The van der Waals surface area contributed by atoms with Gasteiger partial charge >= 0.3 is 0 Å². The van der Waals surface area contributed by atoms with Crippen LogP contribution in [-0.2, 0) is 0 Å². The fourth-order valence-electron chi connectivity index (χ4n) is 7.17. The van der Waals surface area contributed by atoms with Gasteiger partial charge in [-0.3, -0.25) is 0 Å². The third-order valence-electron chi connectivity index (χ3n) is 9.46.